The van der Waals surface area contributed by atoms with Crippen molar-refractivity contribution in [3.05, 3.63) is 29.8 Å². The van der Waals surface area contributed by atoms with Crippen LogP contribution in [0.4, 0.5) is 5.69 Å². The Balaban J connectivity index is 2.73. The van der Waals surface area contributed by atoms with Gasteiger partial charge in [0.2, 0.25) is 0 Å². The van der Waals surface area contributed by atoms with E-state index < -0.39 is 0 Å². The Kier molecular flexibility index (Phi) is 3.87. The van der Waals surface area contributed by atoms with Crippen LogP contribution in [0.3, 0.4) is 0 Å². The number of anilines is 1. The first-order valence-electron chi connectivity index (χ1n) is 4.83. The number of hydrogen-bond acceptors (Lipinski definition) is 3. The highest BCUT2D eigenvalue weighted by Crippen LogP contribution is 2.10. The number of rotatable bonds is 3. The molecule has 0 aliphatic rings. The minimum absolute atomic E-state index is 0.279. The topological polar surface area (TPSA) is 39.4 Å². The largest absolute Gasteiger partial charge is 0.378 e. The van der Waals surface area contributed by atoms with Crippen LogP contribution in [0.5, 0.6) is 0 Å². The van der Waals surface area contributed by atoms with Gasteiger partial charge in [-0.25, -0.2) is 0 Å². The van der Waals surface area contributed by atoms with E-state index in [0.29, 0.717) is 0 Å². The van der Waals surface area contributed by atoms with E-state index in [1.54, 1.807) is 13.1 Å². The van der Waals surface area contributed by atoms with Crippen molar-refractivity contribution >= 4 is 11.9 Å². The molecule has 15 heavy (non-hydrogen) atoms. The molecule has 0 saturated heterocycles. The van der Waals surface area contributed by atoms with Crippen LogP contribution in [-0.4, -0.2) is 26.4 Å². The van der Waals surface area contributed by atoms with Crippen LogP contribution >= 0.6 is 0 Å². The maximum absolute atomic E-state index is 8.56. The predicted molar refractivity (Wildman–Crippen MR) is 63.4 cm³/mol. The standard InChI is InChI=1S/C12H15N3/c1-10(8-13)14-9-11-4-6-12(7-5-11)15(2)3/h4-7,9-10H,1-3H3/t10-/m1/s1. The molecule has 1 rings (SSSR count). The Morgan fingerprint density at radius 1 is 1.33 bits per heavy atom. The van der Waals surface area contributed by atoms with Crippen LogP contribution in [0.2, 0.25) is 0 Å². The third-order valence-electron chi connectivity index (χ3n) is 2.04. The van der Waals surface area contributed by atoms with Gasteiger partial charge in [-0.3, -0.25) is 4.99 Å². The molecule has 0 bridgehead atoms. The second kappa shape index (κ2) is 5.16. The van der Waals surface area contributed by atoms with Gasteiger partial charge in [-0.05, 0) is 24.6 Å². The van der Waals surface area contributed by atoms with Crippen molar-refractivity contribution in [2.24, 2.45) is 4.99 Å². The Morgan fingerprint density at radius 2 is 1.93 bits per heavy atom. The second-order valence-corrected chi connectivity index (χ2v) is 3.57. The molecule has 0 radical (unpaired) electrons. The van der Waals surface area contributed by atoms with Crippen LogP contribution in [-0.2, 0) is 0 Å². The maximum Gasteiger partial charge on any atom is 0.133 e. The van der Waals surface area contributed by atoms with Crippen LogP contribution in [0, 0.1) is 11.3 Å². The summed E-state index contributed by atoms with van der Waals surface area (Å²) in [6.45, 7) is 1.77. The molecule has 0 spiro atoms. The lowest BCUT2D eigenvalue weighted by atomic mass is 10.2. The smallest absolute Gasteiger partial charge is 0.133 e. The monoisotopic (exact) mass is 201 g/mol. The lowest BCUT2D eigenvalue weighted by Gasteiger charge is -2.11. The van der Waals surface area contributed by atoms with Gasteiger partial charge in [0.05, 0.1) is 6.07 Å². The first-order chi connectivity index (χ1) is 7.13. The molecule has 0 heterocycles. The summed E-state index contributed by atoms with van der Waals surface area (Å²) < 4.78 is 0. The number of hydrogen-bond donors (Lipinski definition) is 0. The molecule has 0 unspecified atom stereocenters. The summed E-state index contributed by atoms with van der Waals surface area (Å²) in [5.41, 5.74) is 2.17. The molecule has 1 aromatic carbocycles. The third-order valence-corrected chi connectivity index (χ3v) is 2.04. The van der Waals surface area contributed by atoms with E-state index in [1.807, 2.05) is 43.3 Å². The summed E-state index contributed by atoms with van der Waals surface area (Å²) in [5, 5.41) is 8.56. The number of nitriles is 1. The summed E-state index contributed by atoms with van der Waals surface area (Å²) in [5.74, 6) is 0. The van der Waals surface area contributed by atoms with Crippen LogP contribution < -0.4 is 4.90 Å². The van der Waals surface area contributed by atoms with Gasteiger partial charge >= 0.3 is 0 Å². The molecular formula is C12H15N3. The van der Waals surface area contributed by atoms with Gasteiger partial charge < -0.3 is 4.90 Å². The van der Waals surface area contributed by atoms with Crippen LogP contribution in [0.1, 0.15) is 12.5 Å². The van der Waals surface area contributed by atoms with E-state index in [4.69, 9.17) is 5.26 Å². The zero-order valence-corrected chi connectivity index (χ0v) is 9.31. The van der Waals surface area contributed by atoms with Crippen LogP contribution in [0.25, 0.3) is 0 Å². The third kappa shape index (κ3) is 3.43. The van der Waals surface area contributed by atoms with Gasteiger partial charge in [0.1, 0.15) is 6.04 Å². The molecule has 0 fully saturated rings. The fourth-order valence-electron chi connectivity index (χ4n) is 1.09. The first kappa shape index (κ1) is 11.3. The van der Waals surface area contributed by atoms with Crippen molar-refractivity contribution in [3.8, 4) is 6.07 Å². The summed E-state index contributed by atoms with van der Waals surface area (Å²) >= 11 is 0. The van der Waals surface area contributed by atoms with Gasteiger partial charge in [-0.15, -0.1) is 0 Å². The minimum Gasteiger partial charge on any atom is -0.378 e. The van der Waals surface area contributed by atoms with Gasteiger partial charge in [-0.2, -0.15) is 5.26 Å². The molecule has 1 aromatic rings. The van der Waals surface area contributed by atoms with E-state index in [2.05, 4.69) is 11.1 Å². The predicted octanol–water partition coefficient (Wildman–Crippen LogP) is 2.08. The van der Waals surface area contributed by atoms with E-state index >= 15 is 0 Å². The molecule has 3 heteroatoms. The zero-order valence-electron chi connectivity index (χ0n) is 9.31. The lowest BCUT2D eigenvalue weighted by molar-refractivity contribution is 0.946. The summed E-state index contributed by atoms with van der Waals surface area (Å²) in [4.78, 5) is 6.13. The van der Waals surface area contributed by atoms with Crippen molar-refractivity contribution in [1.82, 2.24) is 0 Å². The Morgan fingerprint density at radius 3 is 2.40 bits per heavy atom. The van der Waals surface area contributed by atoms with Gasteiger partial charge in [0.15, 0.2) is 0 Å². The molecule has 0 aliphatic carbocycles. The van der Waals surface area contributed by atoms with Crippen molar-refractivity contribution in [2.75, 3.05) is 19.0 Å². The highest BCUT2D eigenvalue weighted by atomic mass is 15.1. The minimum atomic E-state index is -0.279. The first-order valence-corrected chi connectivity index (χ1v) is 4.83. The fraction of sp³-hybridized carbons (Fsp3) is 0.333. The zero-order chi connectivity index (χ0) is 11.3. The number of nitrogens with zero attached hydrogens (tertiary/aromatic N) is 3. The van der Waals surface area contributed by atoms with Crippen LogP contribution in [0.15, 0.2) is 29.3 Å². The van der Waals surface area contributed by atoms with E-state index in [1.165, 1.54) is 0 Å². The van der Waals surface area contributed by atoms with E-state index in [-0.39, 0.29) is 6.04 Å². The molecule has 0 amide bonds. The van der Waals surface area contributed by atoms with Crippen molar-refractivity contribution in [2.45, 2.75) is 13.0 Å². The SMILES string of the molecule is C[C@H](C#N)N=Cc1ccc(N(C)C)cc1. The molecular weight excluding hydrogens is 186 g/mol. The van der Waals surface area contributed by atoms with E-state index in [0.717, 1.165) is 11.3 Å². The molecule has 78 valence electrons. The highest BCUT2D eigenvalue weighted by molar-refractivity contribution is 5.80. The number of benzene rings is 1. The molecule has 0 aromatic heterocycles. The molecule has 1 atom stereocenters. The average molecular weight is 201 g/mol. The number of aliphatic imine (C=N–C) groups is 1. The average Bonchev–Trinajstić information content (AvgIpc) is 2.26. The Labute approximate surface area is 90.7 Å². The van der Waals surface area contributed by atoms with Gasteiger partial charge in [-0.1, -0.05) is 12.1 Å². The molecule has 0 saturated carbocycles. The summed E-state index contributed by atoms with van der Waals surface area (Å²) in [6.07, 6.45) is 1.73. The quantitative estimate of drug-likeness (QED) is 0.702. The fourth-order valence-corrected chi connectivity index (χ4v) is 1.09. The molecule has 3 nitrogen and oxygen atoms in total. The second-order valence-electron chi connectivity index (χ2n) is 3.57. The normalized spacial score (nSPS) is 12.4. The van der Waals surface area contributed by atoms with E-state index in [9.17, 15) is 0 Å². The maximum atomic E-state index is 8.56. The summed E-state index contributed by atoms with van der Waals surface area (Å²) in [7, 11) is 4.00. The molecule has 0 aliphatic heterocycles. The van der Waals surface area contributed by atoms with Gasteiger partial charge in [0.25, 0.3) is 0 Å². The van der Waals surface area contributed by atoms with Gasteiger partial charge in [0, 0.05) is 26.0 Å². The lowest BCUT2D eigenvalue weighted by Crippen LogP contribution is -2.08. The van der Waals surface area contributed by atoms with Crippen molar-refractivity contribution in [1.29, 1.82) is 5.26 Å². The highest BCUT2D eigenvalue weighted by Gasteiger charge is 1.95. The Bertz CT molecular complexity index is 371. The van der Waals surface area contributed by atoms with Crippen molar-refractivity contribution < 1.29 is 0 Å². The van der Waals surface area contributed by atoms with Crippen molar-refractivity contribution in [3.63, 3.8) is 0 Å². The Hall–Kier alpha value is -1.82. The summed E-state index contributed by atoms with van der Waals surface area (Å²) in [6, 6.07) is 9.81. The molecule has 0 N–H and O–H groups in total.